The summed E-state index contributed by atoms with van der Waals surface area (Å²) in [5.74, 6) is -0.0115. The van der Waals surface area contributed by atoms with Gasteiger partial charge in [-0.3, -0.25) is 4.79 Å². The second kappa shape index (κ2) is 6.35. The molecular weight excluding hydrogens is 270 g/mol. The van der Waals surface area contributed by atoms with E-state index in [1.54, 1.807) is 0 Å². The number of nitrogens with one attached hydrogen (secondary N) is 1. The molecule has 0 spiro atoms. The molecule has 116 valence electrons. The highest BCUT2D eigenvalue weighted by Gasteiger charge is 2.15. The summed E-state index contributed by atoms with van der Waals surface area (Å²) < 4.78 is 0. The average Bonchev–Trinajstić information content (AvgIpc) is 2.42. The van der Waals surface area contributed by atoms with Crippen molar-refractivity contribution < 1.29 is 4.79 Å². The standard InChI is InChI=1S/C20H25NO/c1-12-7-8-18(15(4)9-12)20(22)21-17(6)19-11-14(3)13(2)10-16(19)5/h7-11,17H,1-6H3,(H,21,22)/t17-/m1/s1. The molecule has 0 aromatic heterocycles. The first-order chi connectivity index (χ1) is 10.3. The normalized spacial score (nSPS) is 12.1. The summed E-state index contributed by atoms with van der Waals surface area (Å²) >= 11 is 0. The predicted octanol–water partition coefficient (Wildman–Crippen LogP) is 4.72. The van der Waals surface area contributed by atoms with Gasteiger partial charge in [-0.1, -0.05) is 29.8 Å². The van der Waals surface area contributed by atoms with Crippen LogP contribution in [0.1, 0.15) is 56.7 Å². The Bertz CT molecular complexity index is 716. The number of hydrogen-bond acceptors (Lipinski definition) is 1. The van der Waals surface area contributed by atoms with Gasteiger partial charge in [0.1, 0.15) is 0 Å². The molecule has 22 heavy (non-hydrogen) atoms. The topological polar surface area (TPSA) is 29.1 Å². The maximum Gasteiger partial charge on any atom is 0.252 e. The van der Waals surface area contributed by atoms with Gasteiger partial charge in [-0.15, -0.1) is 0 Å². The van der Waals surface area contributed by atoms with Crippen LogP contribution >= 0.6 is 0 Å². The molecule has 1 N–H and O–H groups in total. The summed E-state index contributed by atoms with van der Waals surface area (Å²) in [5.41, 5.74) is 7.88. The molecule has 2 aromatic rings. The van der Waals surface area contributed by atoms with Crippen LogP contribution in [0.3, 0.4) is 0 Å². The van der Waals surface area contributed by atoms with Gasteiger partial charge in [0.25, 0.3) is 5.91 Å². The summed E-state index contributed by atoms with van der Waals surface area (Å²) in [7, 11) is 0. The lowest BCUT2D eigenvalue weighted by atomic mass is 9.96. The van der Waals surface area contributed by atoms with Gasteiger partial charge in [0.15, 0.2) is 0 Å². The van der Waals surface area contributed by atoms with E-state index in [9.17, 15) is 4.79 Å². The zero-order chi connectivity index (χ0) is 16.4. The summed E-state index contributed by atoms with van der Waals surface area (Å²) in [6, 6.07) is 10.3. The highest BCUT2D eigenvalue weighted by atomic mass is 16.1. The summed E-state index contributed by atoms with van der Waals surface area (Å²) in [6.45, 7) is 12.4. The van der Waals surface area contributed by atoms with Crippen LogP contribution in [-0.4, -0.2) is 5.91 Å². The van der Waals surface area contributed by atoms with Crippen molar-refractivity contribution in [2.75, 3.05) is 0 Å². The third-order valence-electron chi connectivity index (χ3n) is 4.32. The summed E-state index contributed by atoms with van der Waals surface area (Å²) in [6.07, 6.45) is 0. The first kappa shape index (κ1) is 16.3. The number of rotatable bonds is 3. The van der Waals surface area contributed by atoms with E-state index >= 15 is 0 Å². The second-order valence-corrected chi connectivity index (χ2v) is 6.31. The van der Waals surface area contributed by atoms with Gasteiger partial charge in [0.2, 0.25) is 0 Å². The summed E-state index contributed by atoms with van der Waals surface area (Å²) in [4.78, 5) is 12.5. The SMILES string of the molecule is Cc1ccc(C(=O)N[C@H](C)c2cc(C)c(C)cc2C)c(C)c1. The van der Waals surface area contributed by atoms with E-state index in [-0.39, 0.29) is 11.9 Å². The fraction of sp³-hybridized carbons (Fsp3) is 0.350. The van der Waals surface area contributed by atoms with Crippen molar-refractivity contribution in [1.29, 1.82) is 0 Å². The fourth-order valence-electron chi connectivity index (χ4n) is 2.87. The van der Waals surface area contributed by atoms with E-state index in [1.807, 2.05) is 39.0 Å². The highest BCUT2D eigenvalue weighted by Crippen LogP contribution is 2.22. The highest BCUT2D eigenvalue weighted by molar-refractivity contribution is 5.95. The summed E-state index contributed by atoms with van der Waals surface area (Å²) in [5, 5.41) is 3.12. The van der Waals surface area contributed by atoms with Crippen LogP contribution < -0.4 is 5.32 Å². The molecule has 2 rings (SSSR count). The number of carbonyl (C=O) groups is 1. The van der Waals surface area contributed by atoms with Gasteiger partial charge in [0.05, 0.1) is 6.04 Å². The van der Waals surface area contributed by atoms with E-state index in [1.165, 1.54) is 27.8 Å². The second-order valence-electron chi connectivity index (χ2n) is 6.31. The zero-order valence-electron chi connectivity index (χ0n) is 14.4. The van der Waals surface area contributed by atoms with Crippen molar-refractivity contribution in [2.24, 2.45) is 0 Å². The molecule has 0 unspecified atom stereocenters. The van der Waals surface area contributed by atoms with E-state index in [0.29, 0.717) is 0 Å². The quantitative estimate of drug-likeness (QED) is 0.872. The maximum absolute atomic E-state index is 12.5. The van der Waals surface area contributed by atoms with Crippen LogP contribution in [0.25, 0.3) is 0 Å². The maximum atomic E-state index is 12.5. The minimum absolute atomic E-state index is 0.00694. The minimum atomic E-state index is -0.0115. The van der Waals surface area contributed by atoms with Gasteiger partial charge < -0.3 is 5.32 Å². The van der Waals surface area contributed by atoms with E-state index in [0.717, 1.165) is 11.1 Å². The molecule has 0 saturated heterocycles. The number of hydrogen-bond donors (Lipinski definition) is 1. The van der Waals surface area contributed by atoms with Gasteiger partial charge in [-0.05, 0) is 75.4 Å². The molecule has 0 saturated carbocycles. The average molecular weight is 295 g/mol. The van der Waals surface area contributed by atoms with Crippen molar-refractivity contribution in [2.45, 2.75) is 47.6 Å². The lowest BCUT2D eigenvalue weighted by Gasteiger charge is -2.19. The number of benzene rings is 2. The molecule has 2 nitrogen and oxygen atoms in total. The first-order valence-corrected chi connectivity index (χ1v) is 7.75. The molecule has 2 heteroatoms. The number of aryl methyl sites for hydroxylation is 5. The van der Waals surface area contributed by atoms with Gasteiger partial charge >= 0.3 is 0 Å². The lowest BCUT2D eigenvalue weighted by molar-refractivity contribution is 0.0939. The third-order valence-corrected chi connectivity index (χ3v) is 4.32. The molecular formula is C20H25NO. The molecule has 0 radical (unpaired) electrons. The molecule has 1 amide bonds. The molecule has 0 aliphatic heterocycles. The zero-order valence-corrected chi connectivity index (χ0v) is 14.4. The Morgan fingerprint density at radius 3 is 2.14 bits per heavy atom. The molecule has 0 aliphatic carbocycles. The van der Waals surface area contributed by atoms with Crippen LogP contribution in [0.15, 0.2) is 30.3 Å². The lowest BCUT2D eigenvalue weighted by Crippen LogP contribution is -2.27. The van der Waals surface area contributed by atoms with Gasteiger partial charge in [-0.2, -0.15) is 0 Å². The third kappa shape index (κ3) is 3.38. The minimum Gasteiger partial charge on any atom is -0.345 e. The molecule has 1 atom stereocenters. The van der Waals surface area contributed by atoms with Crippen LogP contribution in [0.2, 0.25) is 0 Å². The Hall–Kier alpha value is -2.09. The largest absolute Gasteiger partial charge is 0.345 e. The Kier molecular flexibility index (Phi) is 4.70. The van der Waals surface area contributed by atoms with Crippen LogP contribution in [0.4, 0.5) is 0 Å². The van der Waals surface area contributed by atoms with Crippen molar-refractivity contribution in [3.05, 3.63) is 69.3 Å². The molecule has 0 bridgehead atoms. The Balaban J connectivity index is 2.23. The van der Waals surface area contributed by atoms with E-state index in [2.05, 4.69) is 38.2 Å². The van der Waals surface area contributed by atoms with E-state index < -0.39 is 0 Å². The van der Waals surface area contributed by atoms with Crippen LogP contribution in [0.5, 0.6) is 0 Å². The van der Waals surface area contributed by atoms with Crippen molar-refractivity contribution >= 4 is 5.91 Å². The number of amides is 1. The first-order valence-electron chi connectivity index (χ1n) is 7.75. The van der Waals surface area contributed by atoms with Crippen molar-refractivity contribution in [3.8, 4) is 0 Å². The van der Waals surface area contributed by atoms with Crippen LogP contribution in [0, 0.1) is 34.6 Å². The van der Waals surface area contributed by atoms with E-state index in [4.69, 9.17) is 0 Å². The molecule has 0 aliphatic rings. The Morgan fingerprint density at radius 1 is 0.864 bits per heavy atom. The molecule has 0 fully saturated rings. The van der Waals surface area contributed by atoms with Crippen molar-refractivity contribution in [3.63, 3.8) is 0 Å². The fourth-order valence-corrected chi connectivity index (χ4v) is 2.87. The Labute approximate surface area is 133 Å². The Morgan fingerprint density at radius 2 is 1.50 bits per heavy atom. The van der Waals surface area contributed by atoms with Gasteiger partial charge in [0, 0.05) is 5.56 Å². The molecule has 0 heterocycles. The number of carbonyl (C=O) groups excluding carboxylic acids is 1. The molecule has 2 aromatic carbocycles. The monoisotopic (exact) mass is 295 g/mol. The van der Waals surface area contributed by atoms with Crippen molar-refractivity contribution in [1.82, 2.24) is 5.32 Å². The smallest absolute Gasteiger partial charge is 0.252 e. The van der Waals surface area contributed by atoms with Gasteiger partial charge in [-0.25, -0.2) is 0 Å². The predicted molar refractivity (Wildman–Crippen MR) is 92.5 cm³/mol. The van der Waals surface area contributed by atoms with Crippen LogP contribution in [-0.2, 0) is 0 Å².